The molecule has 23 heavy (non-hydrogen) atoms. The van der Waals surface area contributed by atoms with E-state index in [0.717, 1.165) is 4.57 Å². The molecule has 0 unspecified atom stereocenters. The average molecular weight is 319 g/mol. The first-order valence-electron chi connectivity index (χ1n) is 6.98. The van der Waals surface area contributed by atoms with Crippen LogP contribution in [0, 0.1) is 0 Å². The smallest absolute Gasteiger partial charge is 0.465 e. The number of methoxy groups -OCH3 is 1. The van der Waals surface area contributed by atoms with Crippen LogP contribution in [0.5, 0.6) is 0 Å². The van der Waals surface area contributed by atoms with Crippen molar-refractivity contribution in [3.63, 3.8) is 0 Å². The zero-order chi connectivity index (χ0) is 17.4. The third kappa shape index (κ3) is 3.38. The van der Waals surface area contributed by atoms with Crippen molar-refractivity contribution in [3.8, 4) is 0 Å². The van der Waals surface area contributed by atoms with Gasteiger partial charge in [0.25, 0.3) is 0 Å². The maximum atomic E-state index is 12.5. The van der Waals surface area contributed by atoms with Crippen LogP contribution in [-0.2, 0) is 9.47 Å². The highest BCUT2D eigenvalue weighted by Crippen LogP contribution is 2.22. The number of carbonyl (C=O) groups is 2. The maximum absolute atomic E-state index is 12.5. The van der Waals surface area contributed by atoms with Crippen molar-refractivity contribution in [2.75, 3.05) is 7.11 Å². The maximum Gasteiger partial charge on any atom is 0.506 e. The normalized spacial score (nSPS) is 11.4. The molecule has 8 heteroatoms. The molecular weight excluding hydrogens is 301 g/mol. The summed E-state index contributed by atoms with van der Waals surface area (Å²) in [4.78, 5) is 24.4. The van der Waals surface area contributed by atoms with Gasteiger partial charge in [0.15, 0.2) is 0 Å². The van der Waals surface area contributed by atoms with Gasteiger partial charge in [0.2, 0.25) is 0 Å². The zero-order valence-corrected chi connectivity index (χ0v) is 13.4. The molecule has 1 heterocycles. The number of hydrogen-bond donors (Lipinski definition) is 2. The standard InChI is InChI=1S/C15H18BNO6/c1-15(2,3)23-14(19)17-11(16(20)21)8-9-6-5-7-10(12(9)17)13(18)22-4/h5-8,20-21H,1-4H3. The van der Waals surface area contributed by atoms with Gasteiger partial charge in [-0.15, -0.1) is 0 Å². The average Bonchev–Trinajstić information content (AvgIpc) is 2.84. The Balaban J connectivity index is 2.75. The quantitative estimate of drug-likeness (QED) is 0.630. The van der Waals surface area contributed by atoms with Crippen LogP contribution >= 0.6 is 0 Å². The van der Waals surface area contributed by atoms with Crippen LogP contribution in [0.4, 0.5) is 4.79 Å². The van der Waals surface area contributed by atoms with Gasteiger partial charge in [-0.3, -0.25) is 4.57 Å². The fourth-order valence-electron chi connectivity index (χ4n) is 2.25. The molecule has 0 saturated carbocycles. The van der Waals surface area contributed by atoms with Gasteiger partial charge in [-0.1, -0.05) is 12.1 Å². The van der Waals surface area contributed by atoms with E-state index in [4.69, 9.17) is 9.47 Å². The summed E-state index contributed by atoms with van der Waals surface area (Å²) in [5.74, 6) is -0.641. The topological polar surface area (TPSA) is 98.0 Å². The third-order valence-electron chi connectivity index (χ3n) is 3.10. The first-order chi connectivity index (χ1) is 10.7. The molecule has 0 amide bonds. The zero-order valence-electron chi connectivity index (χ0n) is 13.4. The van der Waals surface area contributed by atoms with Crippen LogP contribution in [0.1, 0.15) is 31.1 Å². The Morgan fingerprint density at radius 2 is 1.87 bits per heavy atom. The van der Waals surface area contributed by atoms with E-state index in [0.29, 0.717) is 5.39 Å². The molecule has 0 bridgehead atoms. The molecule has 0 aliphatic carbocycles. The molecule has 2 rings (SSSR count). The largest absolute Gasteiger partial charge is 0.506 e. The van der Waals surface area contributed by atoms with E-state index in [9.17, 15) is 19.6 Å². The van der Waals surface area contributed by atoms with Crippen LogP contribution in [0.3, 0.4) is 0 Å². The molecule has 0 aliphatic rings. The lowest BCUT2D eigenvalue weighted by molar-refractivity contribution is 0.0547. The van der Waals surface area contributed by atoms with Gasteiger partial charge in [0, 0.05) is 5.39 Å². The predicted molar refractivity (Wildman–Crippen MR) is 84.7 cm³/mol. The molecule has 0 atom stereocenters. The summed E-state index contributed by atoms with van der Waals surface area (Å²) in [5.41, 5.74) is -0.545. The number of ether oxygens (including phenoxy) is 2. The van der Waals surface area contributed by atoms with Crippen molar-refractivity contribution in [1.82, 2.24) is 4.57 Å². The van der Waals surface area contributed by atoms with Gasteiger partial charge in [-0.05, 0) is 32.9 Å². The summed E-state index contributed by atoms with van der Waals surface area (Å²) in [6.45, 7) is 5.06. The number of benzene rings is 1. The summed E-state index contributed by atoms with van der Waals surface area (Å²) < 4.78 is 11.0. The summed E-state index contributed by atoms with van der Waals surface area (Å²) in [6, 6.07) is 6.16. The Bertz CT molecular complexity index is 759. The van der Waals surface area contributed by atoms with Crippen molar-refractivity contribution in [2.45, 2.75) is 26.4 Å². The molecule has 122 valence electrons. The molecule has 0 aliphatic heterocycles. The van der Waals surface area contributed by atoms with Crippen LogP contribution in [0.2, 0.25) is 0 Å². The molecule has 0 radical (unpaired) electrons. The van der Waals surface area contributed by atoms with Gasteiger partial charge in [0.1, 0.15) is 5.60 Å². The monoisotopic (exact) mass is 319 g/mol. The van der Waals surface area contributed by atoms with Crippen molar-refractivity contribution in [3.05, 3.63) is 29.8 Å². The molecule has 7 nitrogen and oxygen atoms in total. The van der Waals surface area contributed by atoms with E-state index in [2.05, 4.69) is 0 Å². The molecule has 0 saturated heterocycles. The highest BCUT2D eigenvalue weighted by Gasteiger charge is 2.29. The van der Waals surface area contributed by atoms with E-state index in [-0.39, 0.29) is 16.7 Å². The highest BCUT2D eigenvalue weighted by atomic mass is 16.6. The third-order valence-corrected chi connectivity index (χ3v) is 3.10. The second-order valence-corrected chi connectivity index (χ2v) is 5.99. The molecule has 1 aromatic heterocycles. The van der Waals surface area contributed by atoms with Crippen molar-refractivity contribution in [1.29, 1.82) is 0 Å². The molecule has 2 N–H and O–H groups in total. The van der Waals surface area contributed by atoms with Crippen LogP contribution < -0.4 is 5.59 Å². The van der Waals surface area contributed by atoms with Crippen LogP contribution in [0.15, 0.2) is 24.3 Å². The van der Waals surface area contributed by atoms with E-state index in [1.807, 2.05) is 0 Å². The Kier molecular flexibility index (Phi) is 4.49. The molecule has 0 fully saturated rings. The van der Waals surface area contributed by atoms with Crippen molar-refractivity contribution >= 4 is 35.7 Å². The molecule has 2 aromatic rings. The fraction of sp³-hybridized carbons (Fsp3) is 0.333. The predicted octanol–water partition coefficient (Wildman–Crippen LogP) is 0.891. The molecular formula is C15H18BNO6. The fourth-order valence-corrected chi connectivity index (χ4v) is 2.25. The summed E-state index contributed by atoms with van der Waals surface area (Å²) in [7, 11) is -0.676. The van der Waals surface area contributed by atoms with Crippen molar-refractivity contribution in [2.24, 2.45) is 0 Å². The minimum absolute atomic E-state index is 0.0920. The van der Waals surface area contributed by atoms with E-state index in [1.54, 1.807) is 32.9 Å². The number of carbonyl (C=O) groups excluding carboxylic acids is 2. The lowest BCUT2D eigenvalue weighted by atomic mass is 9.86. The lowest BCUT2D eigenvalue weighted by Crippen LogP contribution is -2.41. The minimum atomic E-state index is -1.90. The minimum Gasteiger partial charge on any atom is -0.465 e. The van der Waals surface area contributed by atoms with Crippen LogP contribution in [-0.4, -0.2) is 46.5 Å². The summed E-state index contributed by atoms with van der Waals surface area (Å²) in [6.07, 6.45) is -0.813. The number of hydrogen-bond acceptors (Lipinski definition) is 6. The number of fused-ring (bicyclic) bond motifs is 1. The van der Waals surface area contributed by atoms with E-state index in [1.165, 1.54) is 19.2 Å². The number of esters is 1. The summed E-state index contributed by atoms with van der Waals surface area (Å²) >= 11 is 0. The Morgan fingerprint density at radius 3 is 2.39 bits per heavy atom. The first-order valence-corrected chi connectivity index (χ1v) is 6.98. The Morgan fingerprint density at radius 1 is 1.22 bits per heavy atom. The lowest BCUT2D eigenvalue weighted by Gasteiger charge is -2.21. The van der Waals surface area contributed by atoms with Gasteiger partial charge in [-0.2, -0.15) is 0 Å². The van der Waals surface area contributed by atoms with E-state index >= 15 is 0 Å². The van der Waals surface area contributed by atoms with Crippen molar-refractivity contribution < 1.29 is 29.1 Å². The number of para-hydroxylation sites is 1. The van der Waals surface area contributed by atoms with Gasteiger partial charge >= 0.3 is 19.2 Å². The number of aromatic nitrogens is 1. The van der Waals surface area contributed by atoms with Gasteiger partial charge in [0.05, 0.1) is 23.8 Å². The second-order valence-electron chi connectivity index (χ2n) is 5.99. The summed E-state index contributed by atoms with van der Waals surface area (Å²) in [5, 5.41) is 19.6. The molecule has 0 spiro atoms. The van der Waals surface area contributed by atoms with Gasteiger partial charge < -0.3 is 19.5 Å². The number of nitrogens with zero attached hydrogens (tertiary/aromatic N) is 1. The van der Waals surface area contributed by atoms with E-state index < -0.39 is 24.8 Å². The molecule has 1 aromatic carbocycles. The second kappa shape index (κ2) is 6.06. The Labute approximate surface area is 133 Å². The Hall–Kier alpha value is -2.32. The highest BCUT2D eigenvalue weighted by molar-refractivity contribution is 6.59. The SMILES string of the molecule is COC(=O)c1cccc2cc(B(O)O)n(C(=O)OC(C)(C)C)c12. The number of rotatable bonds is 2. The first kappa shape index (κ1) is 17.0. The van der Waals surface area contributed by atoms with Gasteiger partial charge in [-0.25, -0.2) is 9.59 Å². The van der Waals surface area contributed by atoms with Crippen LogP contribution in [0.25, 0.3) is 10.9 Å².